The zero-order chi connectivity index (χ0) is 14.5. The van der Waals surface area contributed by atoms with Gasteiger partial charge < -0.3 is 5.32 Å². The van der Waals surface area contributed by atoms with Crippen molar-refractivity contribution in [1.82, 2.24) is 5.32 Å². The van der Waals surface area contributed by atoms with Gasteiger partial charge in [0, 0.05) is 12.4 Å². The number of hydrogen-bond donors (Lipinski definition) is 1. The number of benzene rings is 1. The molecule has 5 heteroatoms. The second-order valence-electron chi connectivity index (χ2n) is 5.27. The average Bonchev–Trinajstić information content (AvgIpc) is 2.48. The summed E-state index contributed by atoms with van der Waals surface area (Å²) in [5.74, 6) is 0.580. The first-order chi connectivity index (χ1) is 9.63. The van der Waals surface area contributed by atoms with Gasteiger partial charge in [-0.05, 0) is 36.8 Å². The summed E-state index contributed by atoms with van der Waals surface area (Å²) in [5.41, 5.74) is 0.185. The highest BCUT2D eigenvalue weighted by molar-refractivity contribution is 6.34. The Hall–Kier alpha value is -0.800. The number of rotatable bonds is 4. The maximum absolute atomic E-state index is 13.3. The van der Waals surface area contributed by atoms with Gasteiger partial charge in [0.25, 0.3) is 5.91 Å². The van der Waals surface area contributed by atoms with Gasteiger partial charge in [0.1, 0.15) is 5.82 Å². The zero-order valence-electron chi connectivity index (χ0n) is 11.2. The molecule has 0 heterocycles. The van der Waals surface area contributed by atoms with E-state index in [1.807, 2.05) is 0 Å². The van der Waals surface area contributed by atoms with E-state index in [1.54, 1.807) is 0 Å². The second-order valence-corrected chi connectivity index (χ2v) is 5.96. The van der Waals surface area contributed by atoms with Crippen molar-refractivity contribution >= 4 is 29.1 Å². The molecule has 1 aromatic carbocycles. The van der Waals surface area contributed by atoms with Gasteiger partial charge in [-0.25, -0.2) is 4.39 Å². The topological polar surface area (TPSA) is 29.1 Å². The standard InChI is InChI=1S/C15H18Cl2FNO/c16-8-10-4-1-2-5-11(10)9-19-15(20)12-6-3-7-13(18)14(12)17/h3,6-7,10-11H,1-2,4-5,8-9H2,(H,19,20). The third kappa shape index (κ3) is 3.64. The van der Waals surface area contributed by atoms with Crippen molar-refractivity contribution in [3.05, 3.63) is 34.6 Å². The molecule has 1 fully saturated rings. The number of nitrogens with one attached hydrogen (secondary N) is 1. The summed E-state index contributed by atoms with van der Waals surface area (Å²) in [5, 5.41) is 2.73. The molecule has 1 N–H and O–H groups in total. The molecule has 0 spiro atoms. The molecule has 0 radical (unpaired) electrons. The Labute approximate surface area is 128 Å². The van der Waals surface area contributed by atoms with Crippen LogP contribution >= 0.6 is 23.2 Å². The minimum Gasteiger partial charge on any atom is -0.352 e. The van der Waals surface area contributed by atoms with E-state index >= 15 is 0 Å². The molecule has 110 valence electrons. The van der Waals surface area contributed by atoms with Crippen LogP contribution in [0.1, 0.15) is 36.0 Å². The van der Waals surface area contributed by atoms with Crippen LogP contribution in [0.5, 0.6) is 0 Å². The molecule has 1 aromatic rings. The Morgan fingerprint density at radius 2 is 2.00 bits per heavy atom. The number of halogens is 3. The molecular weight excluding hydrogens is 300 g/mol. The Bertz CT molecular complexity index is 481. The lowest BCUT2D eigenvalue weighted by atomic mass is 9.80. The van der Waals surface area contributed by atoms with Crippen molar-refractivity contribution < 1.29 is 9.18 Å². The fourth-order valence-electron chi connectivity index (χ4n) is 2.75. The van der Waals surface area contributed by atoms with Gasteiger partial charge in [-0.1, -0.05) is 30.5 Å². The van der Waals surface area contributed by atoms with Gasteiger partial charge in [0.05, 0.1) is 10.6 Å². The number of carbonyl (C=O) groups is 1. The van der Waals surface area contributed by atoms with Crippen LogP contribution in [0.4, 0.5) is 4.39 Å². The van der Waals surface area contributed by atoms with Gasteiger partial charge in [-0.15, -0.1) is 11.6 Å². The highest BCUT2D eigenvalue weighted by Gasteiger charge is 2.25. The molecule has 0 aliphatic heterocycles. The van der Waals surface area contributed by atoms with Gasteiger partial charge in [0.15, 0.2) is 0 Å². The van der Waals surface area contributed by atoms with Crippen molar-refractivity contribution in [1.29, 1.82) is 0 Å². The summed E-state index contributed by atoms with van der Waals surface area (Å²) in [6.07, 6.45) is 4.57. The number of carbonyl (C=O) groups excluding carboxylic acids is 1. The molecular formula is C15H18Cl2FNO. The summed E-state index contributed by atoms with van der Waals surface area (Å²) >= 11 is 11.8. The van der Waals surface area contributed by atoms with Crippen LogP contribution in [0.2, 0.25) is 5.02 Å². The normalized spacial score (nSPS) is 22.6. The van der Waals surface area contributed by atoms with E-state index in [-0.39, 0.29) is 16.5 Å². The van der Waals surface area contributed by atoms with E-state index in [2.05, 4.69) is 5.32 Å². The highest BCUT2D eigenvalue weighted by Crippen LogP contribution is 2.30. The molecule has 0 saturated heterocycles. The van der Waals surface area contributed by atoms with Crippen molar-refractivity contribution in [2.24, 2.45) is 11.8 Å². The van der Waals surface area contributed by atoms with E-state index in [0.717, 1.165) is 12.8 Å². The molecule has 0 aromatic heterocycles. The zero-order valence-corrected chi connectivity index (χ0v) is 12.7. The van der Waals surface area contributed by atoms with Crippen molar-refractivity contribution in [3.63, 3.8) is 0 Å². The first kappa shape index (κ1) is 15.6. The lowest BCUT2D eigenvalue weighted by Crippen LogP contribution is -2.35. The minimum atomic E-state index is -0.574. The molecule has 2 nitrogen and oxygen atoms in total. The summed E-state index contributed by atoms with van der Waals surface area (Å²) in [6.45, 7) is 0.572. The highest BCUT2D eigenvalue weighted by atomic mass is 35.5. The van der Waals surface area contributed by atoms with Gasteiger partial charge in [-0.2, -0.15) is 0 Å². The first-order valence-electron chi connectivity index (χ1n) is 6.91. The van der Waals surface area contributed by atoms with Crippen LogP contribution in [0.3, 0.4) is 0 Å². The minimum absolute atomic E-state index is 0.123. The predicted octanol–water partition coefficient (Wildman–Crippen LogP) is 4.25. The first-order valence-corrected chi connectivity index (χ1v) is 7.83. The SMILES string of the molecule is O=C(NCC1CCCCC1CCl)c1cccc(F)c1Cl. The Morgan fingerprint density at radius 1 is 1.30 bits per heavy atom. The molecule has 20 heavy (non-hydrogen) atoms. The lowest BCUT2D eigenvalue weighted by Gasteiger charge is -2.30. The van der Waals surface area contributed by atoms with Crippen LogP contribution in [0.25, 0.3) is 0 Å². The molecule has 2 unspecified atom stereocenters. The fraction of sp³-hybridized carbons (Fsp3) is 0.533. The van der Waals surface area contributed by atoms with Crippen LogP contribution in [0.15, 0.2) is 18.2 Å². The number of amides is 1. The van der Waals surface area contributed by atoms with Crippen LogP contribution in [-0.4, -0.2) is 18.3 Å². The maximum Gasteiger partial charge on any atom is 0.252 e. The van der Waals surface area contributed by atoms with Crippen molar-refractivity contribution in [2.75, 3.05) is 12.4 Å². The average molecular weight is 318 g/mol. The number of alkyl halides is 1. The molecule has 2 atom stereocenters. The smallest absolute Gasteiger partial charge is 0.252 e. The predicted molar refractivity (Wildman–Crippen MR) is 79.9 cm³/mol. The van der Waals surface area contributed by atoms with E-state index < -0.39 is 5.82 Å². The second kappa shape index (κ2) is 7.28. The number of hydrogen-bond acceptors (Lipinski definition) is 1. The molecule has 2 rings (SSSR count). The Kier molecular flexibility index (Phi) is 5.67. The van der Waals surface area contributed by atoms with Crippen LogP contribution < -0.4 is 5.32 Å². The van der Waals surface area contributed by atoms with Crippen molar-refractivity contribution in [2.45, 2.75) is 25.7 Å². The molecule has 1 aliphatic carbocycles. The van der Waals surface area contributed by atoms with Crippen LogP contribution in [0, 0.1) is 17.7 Å². The summed E-state index contributed by atoms with van der Waals surface area (Å²) in [7, 11) is 0. The fourth-order valence-corrected chi connectivity index (χ4v) is 3.37. The summed E-state index contributed by atoms with van der Waals surface area (Å²) in [6, 6.07) is 4.25. The monoisotopic (exact) mass is 317 g/mol. The van der Waals surface area contributed by atoms with E-state index in [9.17, 15) is 9.18 Å². The third-order valence-corrected chi connectivity index (χ3v) is 4.77. The van der Waals surface area contributed by atoms with Crippen LogP contribution in [-0.2, 0) is 0 Å². The molecule has 1 saturated carbocycles. The molecule has 1 amide bonds. The maximum atomic E-state index is 13.3. The Morgan fingerprint density at radius 3 is 2.70 bits per heavy atom. The van der Waals surface area contributed by atoms with E-state index in [4.69, 9.17) is 23.2 Å². The van der Waals surface area contributed by atoms with E-state index in [0.29, 0.717) is 24.3 Å². The third-order valence-electron chi connectivity index (χ3n) is 3.99. The summed E-state index contributed by atoms with van der Waals surface area (Å²) in [4.78, 5) is 12.1. The van der Waals surface area contributed by atoms with Crippen molar-refractivity contribution in [3.8, 4) is 0 Å². The molecule has 0 bridgehead atoms. The quantitative estimate of drug-likeness (QED) is 0.826. The van der Waals surface area contributed by atoms with Gasteiger partial charge in [0.2, 0.25) is 0 Å². The summed E-state index contributed by atoms with van der Waals surface area (Å²) < 4.78 is 13.3. The van der Waals surface area contributed by atoms with E-state index in [1.165, 1.54) is 31.0 Å². The lowest BCUT2D eigenvalue weighted by molar-refractivity contribution is 0.0936. The molecule has 1 aliphatic rings. The van der Waals surface area contributed by atoms with Gasteiger partial charge >= 0.3 is 0 Å². The largest absolute Gasteiger partial charge is 0.352 e. The Balaban J connectivity index is 1.96. The van der Waals surface area contributed by atoms with Gasteiger partial charge in [-0.3, -0.25) is 4.79 Å².